The summed E-state index contributed by atoms with van der Waals surface area (Å²) < 4.78 is 33.9. The summed E-state index contributed by atoms with van der Waals surface area (Å²) in [7, 11) is 0. The minimum Gasteiger partial charge on any atom is -0.493 e. The van der Waals surface area contributed by atoms with Crippen LogP contribution in [0.2, 0.25) is 5.02 Å². The molecular weight excluding hydrogens is 414 g/mol. The molecule has 8 heteroatoms. The van der Waals surface area contributed by atoms with Crippen molar-refractivity contribution in [1.82, 2.24) is 4.90 Å². The van der Waals surface area contributed by atoms with Crippen LogP contribution in [0.1, 0.15) is 35.2 Å². The summed E-state index contributed by atoms with van der Waals surface area (Å²) in [6.45, 7) is 2.57. The van der Waals surface area contributed by atoms with E-state index in [1.807, 2.05) is 6.92 Å². The first-order valence-corrected chi connectivity index (χ1v) is 9.99. The zero-order chi connectivity index (χ0) is 21.9. The Labute approximate surface area is 178 Å². The van der Waals surface area contributed by atoms with Gasteiger partial charge in [0.25, 0.3) is 5.91 Å². The fraction of sp³-hybridized carbons (Fsp3) is 0.364. The number of ether oxygens (including phenoxy) is 1. The zero-order valence-electron chi connectivity index (χ0n) is 16.6. The first kappa shape index (κ1) is 22.0. The van der Waals surface area contributed by atoms with Gasteiger partial charge in [-0.25, -0.2) is 8.78 Å². The third-order valence-electron chi connectivity index (χ3n) is 5.51. The standard InChI is InChI=1S/C22H23ClF2N2O3/c1-14-11-15(5-6-16(14)23)30-13-22(12-19(26)28)7-9-27(10-8-22)21(29)20-17(24)3-2-4-18(20)25/h2-6,11H,7-10,12-13H2,1H3,(H2,26,28). The van der Waals surface area contributed by atoms with E-state index in [0.29, 0.717) is 23.6 Å². The van der Waals surface area contributed by atoms with Crippen molar-refractivity contribution in [1.29, 1.82) is 0 Å². The molecule has 2 aromatic carbocycles. The number of benzene rings is 2. The van der Waals surface area contributed by atoms with Crippen molar-refractivity contribution < 1.29 is 23.1 Å². The number of amides is 2. The number of aryl methyl sites for hydroxylation is 1. The second-order valence-electron chi connectivity index (χ2n) is 7.73. The molecule has 1 fully saturated rings. The fourth-order valence-corrected chi connectivity index (χ4v) is 3.85. The first-order chi connectivity index (χ1) is 14.2. The number of piperidine rings is 1. The number of hydrogen-bond donors (Lipinski definition) is 1. The molecule has 0 spiro atoms. The molecule has 1 aliphatic rings. The van der Waals surface area contributed by atoms with E-state index in [0.717, 1.165) is 17.7 Å². The summed E-state index contributed by atoms with van der Waals surface area (Å²) in [5, 5.41) is 0.626. The second kappa shape index (κ2) is 9.00. The van der Waals surface area contributed by atoms with Crippen LogP contribution in [-0.2, 0) is 4.79 Å². The molecule has 0 aromatic heterocycles. The van der Waals surface area contributed by atoms with Gasteiger partial charge in [0.15, 0.2) is 0 Å². The van der Waals surface area contributed by atoms with Gasteiger partial charge in [0.05, 0.1) is 6.61 Å². The predicted molar refractivity (Wildman–Crippen MR) is 109 cm³/mol. The molecule has 0 bridgehead atoms. The molecule has 1 heterocycles. The number of nitrogens with zero attached hydrogens (tertiary/aromatic N) is 1. The molecule has 5 nitrogen and oxygen atoms in total. The topological polar surface area (TPSA) is 72.6 Å². The lowest BCUT2D eigenvalue weighted by Gasteiger charge is -2.41. The van der Waals surface area contributed by atoms with Crippen LogP contribution in [0.4, 0.5) is 8.78 Å². The quantitative estimate of drug-likeness (QED) is 0.740. The number of hydrogen-bond acceptors (Lipinski definition) is 3. The number of carbonyl (C=O) groups excluding carboxylic acids is 2. The normalized spacial score (nSPS) is 15.7. The van der Waals surface area contributed by atoms with Crippen LogP contribution in [0.3, 0.4) is 0 Å². The number of rotatable bonds is 6. The monoisotopic (exact) mass is 436 g/mol. The number of carbonyl (C=O) groups is 2. The summed E-state index contributed by atoms with van der Waals surface area (Å²) in [6, 6.07) is 8.61. The third-order valence-corrected chi connectivity index (χ3v) is 5.94. The highest BCUT2D eigenvalue weighted by Crippen LogP contribution is 2.36. The highest BCUT2D eigenvalue weighted by Gasteiger charge is 2.39. The molecule has 2 amide bonds. The van der Waals surface area contributed by atoms with E-state index in [2.05, 4.69) is 0 Å². The van der Waals surface area contributed by atoms with Gasteiger partial charge in [-0.05, 0) is 55.7 Å². The van der Waals surface area contributed by atoms with Crippen LogP contribution in [0, 0.1) is 24.0 Å². The second-order valence-corrected chi connectivity index (χ2v) is 8.14. The van der Waals surface area contributed by atoms with Crippen LogP contribution < -0.4 is 10.5 Å². The van der Waals surface area contributed by atoms with E-state index >= 15 is 0 Å². The smallest absolute Gasteiger partial charge is 0.259 e. The van der Waals surface area contributed by atoms with Gasteiger partial charge in [-0.15, -0.1) is 0 Å². The van der Waals surface area contributed by atoms with E-state index < -0.39 is 34.4 Å². The van der Waals surface area contributed by atoms with Crippen molar-refractivity contribution in [2.45, 2.75) is 26.2 Å². The molecule has 1 aliphatic heterocycles. The van der Waals surface area contributed by atoms with Gasteiger partial charge in [0.1, 0.15) is 22.9 Å². The van der Waals surface area contributed by atoms with Gasteiger partial charge >= 0.3 is 0 Å². The average Bonchev–Trinajstić information content (AvgIpc) is 2.69. The number of likely N-dealkylation sites (tertiary alicyclic amines) is 1. The SMILES string of the molecule is Cc1cc(OCC2(CC(N)=O)CCN(C(=O)c3c(F)cccc3F)CC2)ccc1Cl. The van der Waals surface area contributed by atoms with Crippen LogP contribution >= 0.6 is 11.6 Å². The molecule has 30 heavy (non-hydrogen) atoms. The van der Waals surface area contributed by atoms with Crippen LogP contribution in [0.5, 0.6) is 5.75 Å². The van der Waals surface area contributed by atoms with E-state index in [1.165, 1.54) is 11.0 Å². The van der Waals surface area contributed by atoms with E-state index in [-0.39, 0.29) is 26.1 Å². The Morgan fingerprint density at radius 2 is 1.80 bits per heavy atom. The van der Waals surface area contributed by atoms with E-state index in [1.54, 1.807) is 18.2 Å². The van der Waals surface area contributed by atoms with Crippen LogP contribution in [0.15, 0.2) is 36.4 Å². The van der Waals surface area contributed by atoms with Gasteiger partial charge in [-0.2, -0.15) is 0 Å². The van der Waals surface area contributed by atoms with Gasteiger partial charge in [0, 0.05) is 29.9 Å². The van der Waals surface area contributed by atoms with Gasteiger partial charge < -0.3 is 15.4 Å². The third kappa shape index (κ3) is 4.90. The molecule has 1 saturated heterocycles. The van der Waals surface area contributed by atoms with Gasteiger partial charge in [-0.3, -0.25) is 9.59 Å². The molecule has 0 aliphatic carbocycles. The van der Waals surface area contributed by atoms with Crippen molar-refractivity contribution in [2.75, 3.05) is 19.7 Å². The molecule has 160 valence electrons. The summed E-state index contributed by atoms with van der Waals surface area (Å²) in [5.74, 6) is -2.34. The maximum atomic E-state index is 14.0. The molecule has 3 rings (SSSR count). The minimum absolute atomic E-state index is 0.0929. The highest BCUT2D eigenvalue weighted by atomic mass is 35.5. The predicted octanol–water partition coefficient (Wildman–Crippen LogP) is 4.10. The lowest BCUT2D eigenvalue weighted by Crippen LogP contribution is -2.47. The lowest BCUT2D eigenvalue weighted by molar-refractivity contribution is -0.121. The summed E-state index contributed by atoms with van der Waals surface area (Å²) in [4.78, 5) is 25.7. The van der Waals surface area contributed by atoms with Crippen molar-refractivity contribution in [3.05, 3.63) is 64.2 Å². The molecule has 2 N–H and O–H groups in total. The summed E-state index contributed by atoms with van der Waals surface area (Å²) >= 11 is 6.04. The van der Waals surface area contributed by atoms with Gasteiger partial charge in [0.2, 0.25) is 5.91 Å². The lowest BCUT2D eigenvalue weighted by atomic mass is 9.76. The Balaban J connectivity index is 1.71. The van der Waals surface area contributed by atoms with Gasteiger partial charge in [-0.1, -0.05) is 17.7 Å². The molecular formula is C22H23ClF2N2O3. The number of nitrogens with two attached hydrogens (primary N) is 1. The van der Waals surface area contributed by atoms with E-state index in [9.17, 15) is 18.4 Å². The number of halogens is 3. The van der Waals surface area contributed by atoms with Crippen molar-refractivity contribution >= 4 is 23.4 Å². The van der Waals surface area contributed by atoms with Crippen LogP contribution in [0.25, 0.3) is 0 Å². The molecule has 0 unspecified atom stereocenters. The molecule has 0 saturated carbocycles. The average molecular weight is 437 g/mol. The maximum Gasteiger partial charge on any atom is 0.259 e. The van der Waals surface area contributed by atoms with E-state index in [4.69, 9.17) is 22.1 Å². The summed E-state index contributed by atoms with van der Waals surface area (Å²) in [6.07, 6.45) is 0.935. The minimum atomic E-state index is -0.893. The largest absolute Gasteiger partial charge is 0.493 e. The van der Waals surface area contributed by atoms with Crippen LogP contribution in [-0.4, -0.2) is 36.4 Å². The van der Waals surface area contributed by atoms with Crippen molar-refractivity contribution in [3.8, 4) is 5.75 Å². The Bertz CT molecular complexity index is 939. The Hall–Kier alpha value is -2.67. The highest BCUT2D eigenvalue weighted by molar-refractivity contribution is 6.31. The Morgan fingerprint density at radius 1 is 1.17 bits per heavy atom. The maximum absolute atomic E-state index is 14.0. The Morgan fingerprint density at radius 3 is 2.37 bits per heavy atom. The zero-order valence-corrected chi connectivity index (χ0v) is 17.3. The first-order valence-electron chi connectivity index (χ1n) is 9.61. The molecule has 0 atom stereocenters. The fourth-order valence-electron chi connectivity index (χ4n) is 3.73. The van der Waals surface area contributed by atoms with Crippen molar-refractivity contribution in [3.63, 3.8) is 0 Å². The Kier molecular flexibility index (Phi) is 6.61. The number of primary amides is 1. The molecule has 2 aromatic rings. The summed E-state index contributed by atoms with van der Waals surface area (Å²) in [5.41, 5.74) is 5.19. The molecule has 0 radical (unpaired) electrons. The van der Waals surface area contributed by atoms with Crippen molar-refractivity contribution in [2.24, 2.45) is 11.1 Å².